The molecule has 1 unspecified atom stereocenters. The average molecular weight is 336 g/mol. The van der Waals surface area contributed by atoms with Crippen LogP contribution in [0.25, 0.3) is 0 Å². The minimum atomic E-state index is -0.427. The lowest BCUT2D eigenvalue weighted by Crippen LogP contribution is -2.39. The van der Waals surface area contributed by atoms with E-state index in [0.29, 0.717) is 12.5 Å². The number of carbonyl (C=O) groups excluding carboxylic acids is 1. The molecule has 0 aromatic heterocycles. The van der Waals surface area contributed by atoms with E-state index in [1.54, 1.807) is 32.3 Å². The summed E-state index contributed by atoms with van der Waals surface area (Å²) in [6.07, 6.45) is 1.68. The number of amides is 1. The molecule has 2 N–H and O–H groups in total. The Morgan fingerprint density at radius 3 is 2.75 bits per heavy atom. The van der Waals surface area contributed by atoms with Crippen molar-refractivity contribution in [2.45, 2.75) is 13.0 Å². The van der Waals surface area contributed by atoms with Crippen molar-refractivity contribution in [3.63, 3.8) is 0 Å². The number of halogens is 1. The fourth-order valence-corrected chi connectivity index (χ4v) is 1.85. The third-order valence-electron chi connectivity index (χ3n) is 3.31. The number of hydrogen-bond donors (Lipinski definition) is 2. The summed E-state index contributed by atoms with van der Waals surface area (Å²) in [7, 11) is 4.77. The Balaban J connectivity index is 2.84. The van der Waals surface area contributed by atoms with E-state index in [0.717, 1.165) is 5.56 Å². The van der Waals surface area contributed by atoms with Gasteiger partial charge in [0, 0.05) is 20.6 Å². The van der Waals surface area contributed by atoms with Gasteiger partial charge in [0.1, 0.15) is 6.54 Å². The Kier molecular flexibility index (Phi) is 7.74. The number of rotatable bonds is 7. The molecular formula is C17H25FN4O2. The molecule has 0 saturated carbocycles. The van der Waals surface area contributed by atoms with E-state index >= 15 is 0 Å². The van der Waals surface area contributed by atoms with Crippen LogP contribution < -0.4 is 15.4 Å². The number of benzene rings is 1. The number of hydrogen-bond acceptors (Lipinski definition) is 3. The van der Waals surface area contributed by atoms with E-state index in [1.165, 1.54) is 18.1 Å². The number of likely N-dealkylation sites (N-methyl/N-ethyl adjacent to an activating group) is 1. The van der Waals surface area contributed by atoms with Gasteiger partial charge < -0.3 is 20.3 Å². The van der Waals surface area contributed by atoms with E-state index in [-0.39, 0.29) is 24.2 Å². The highest BCUT2D eigenvalue weighted by atomic mass is 19.1. The van der Waals surface area contributed by atoms with Crippen LogP contribution in [-0.2, 0) is 4.79 Å². The quantitative estimate of drug-likeness (QED) is 0.452. The van der Waals surface area contributed by atoms with E-state index in [4.69, 9.17) is 4.74 Å². The van der Waals surface area contributed by atoms with E-state index in [1.807, 2.05) is 6.92 Å². The van der Waals surface area contributed by atoms with Crippen molar-refractivity contribution >= 4 is 11.9 Å². The standard InChI is InChI=1S/C17H25FN4O2/c1-6-9-19-17(20-11-16(23)22(3)4)21-12(2)13-7-8-15(24-5)14(18)10-13/h6-8,10,12H,1,9,11H2,2-5H3,(H2,19,20,21). The van der Waals surface area contributed by atoms with Crippen LogP contribution in [-0.4, -0.2) is 51.1 Å². The molecule has 0 saturated heterocycles. The SMILES string of the molecule is C=CCNC(=NCC(=O)N(C)C)NC(C)c1ccc(OC)c(F)c1. The molecule has 6 nitrogen and oxygen atoms in total. The van der Waals surface area contributed by atoms with Gasteiger partial charge in [0.2, 0.25) is 5.91 Å². The summed E-state index contributed by atoms with van der Waals surface area (Å²) in [6, 6.07) is 4.55. The van der Waals surface area contributed by atoms with Gasteiger partial charge in [-0.05, 0) is 24.6 Å². The van der Waals surface area contributed by atoms with Crippen molar-refractivity contribution in [2.75, 3.05) is 34.3 Å². The Morgan fingerprint density at radius 1 is 1.50 bits per heavy atom. The summed E-state index contributed by atoms with van der Waals surface area (Å²) in [5, 5.41) is 6.17. The largest absolute Gasteiger partial charge is 0.494 e. The first-order chi connectivity index (χ1) is 11.4. The second-order valence-corrected chi connectivity index (χ2v) is 5.38. The fraction of sp³-hybridized carbons (Fsp3) is 0.412. The minimum Gasteiger partial charge on any atom is -0.494 e. The van der Waals surface area contributed by atoms with Crippen LogP contribution in [0, 0.1) is 5.82 Å². The highest BCUT2D eigenvalue weighted by Crippen LogP contribution is 2.21. The zero-order valence-corrected chi connectivity index (χ0v) is 14.6. The molecule has 0 radical (unpaired) electrons. The van der Waals surface area contributed by atoms with Crippen molar-refractivity contribution in [1.82, 2.24) is 15.5 Å². The van der Waals surface area contributed by atoms with Gasteiger partial charge in [-0.25, -0.2) is 9.38 Å². The second-order valence-electron chi connectivity index (χ2n) is 5.38. The number of ether oxygens (including phenoxy) is 1. The second kappa shape index (κ2) is 9.54. The summed E-state index contributed by atoms with van der Waals surface area (Å²) >= 11 is 0. The van der Waals surface area contributed by atoms with Crippen LogP contribution in [0.2, 0.25) is 0 Å². The lowest BCUT2D eigenvalue weighted by Gasteiger charge is -2.19. The zero-order valence-electron chi connectivity index (χ0n) is 14.6. The maximum Gasteiger partial charge on any atom is 0.243 e. The first kappa shape index (κ1) is 19.5. The van der Waals surface area contributed by atoms with Crippen molar-refractivity contribution < 1.29 is 13.9 Å². The highest BCUT2D eigenvalue weighted by molar-refractivity contribution is 5.85. The molecule has 1 atom stereocenters. The minimum absolute atomic E-state index is 0.0170. The van der Waals surface area contributed by atoms with Gasteiger partial charge in [-0.1, -0.05) is 12.1 Å². The number of aliphatic imine (C=N–C) groups is 1. The van der Waals surface area contributed by atoms with E-state index in [9.17, 15) is 9.18 Å². The molecule has 0 bridgehead atoms. The van der Waals surface area contributed by atoms with Crippen LogP contribution in [0.1, 0.15) is 18.5 Å². The Labute approximate surface area is 142 Å². The van der Waals surface area contributed by atoms with Crippen LogP contribution in [0.5, 0.6) is 5.75 Å². The number of nitrogens with zero attached hydrogens (tertiary/aromatic N) is 2. The van der Waals surface area contributed by atoms with Crippen LogP contribution in [0.3, 0.4) is 0 Å². The molecule has 24 heavy (non-hydrogen) atoms. The van der Waals surface area contributed by atoms with Gasteiger partial charge in [-0.2, -0.15) is 0 Å². The van der Waals surface area contributed by atoms with Crippen molar-refractivity contribution in [3.05, 3.63) is 42.2 Å². The number of nitrogens with one attached hydrogen (secondary N) is 2. The molecule has 132 valence electrons. The number of guanidine groups is 1. The third kappa shape index (κ3) is 5.91. The molecule has 0 fully saturated rings. The molecule has 7 heteroatoms. The molecule has 1 aromatic carbocycles. The molecule has 1 rings (SSSR count). The monoisotopic (exact) mass is 336 g/mol. The normalized spacial score (nSPS) is 12.3. The van der Waals surface area contributed by atoms with Crippen molar-refractivity contribution in [3.8, 4) is 5.75 Å². The number of methoxy groups -OCH3 is 1. The van der Waals surface area contributed by atoms with Gasteiger partial charge in [-0.3, -0.25) is 4.79 Å². The first-order valence-corrected chi connectivity index (χ1v) is 7.58. The summed E-state index contributed by atoms with van der Waals surface area (Å²) in [5.74, 6) is 0.108. The molecule has 0 aliphatic carbocycles. The van der Waals surface area contributed by atoms with Crippen molar-refractivity contribution in [2.24, 2.45) is 4.99 Å². The van der Waals surface area contributed by atoms with Gasteiger partial charge in [0.15, 0.2) is 17.5 Å². The van der Waals surface area contributed by atoms with Gasteiger partial charge >= 0.3 is 0 Å². The van der Waals surface area contributed by atoms with E-state index < -0.39 is 5.82 Å². The van der Waals surface area contributed by atoms with Crippen LogP contribution in [0.4, 0.5) is 4.39 Å². The van der Waals surface area contributed by atoms with Gasteiger partial charge in [-0.15, -0.1) is 6.58 Å². The topological polar surface area (TPSA) is 66.0 Å². The lowest BCUT2D eigenvalue weighted by molar-refractivity contribution is -0.127. The fourth-order valence-electron chi connectivity index (χ4n) is 1.85. The predicted molar refractivity (Wildman–Crippen MR) is 93.7 cm³/mol. The Morgan fingerprint density at radius 2 is 2.21 bits per heavy atom. The van der Waals surface area contributed by atoms with Crippen molar-refractivity contribution in [1.29, 1.82) is 0 Å². The molecule has 0 spiro atoms. The molecule has 0 aliphatic heterocycles. The van der Waals surface area contributed by atoms with Gasteiger partial charge in [0.05, 0.1) is 13.2 Å². The summed E-state index contributed by atoms with van der Waals surface area (Å²) in [5.41, 5.74) is 0.736. The maximum atomic E-state index is 13.8. The van der Waals surface area contributed by atoms with Crippen LogP contribution >= 0.6 is 0 Å². The summed E-state index contributed by atoms with van der Waals surface area (Å²) in [4.78, 5) is 17.4. The summed E-state index contributed by atoms with van der Waals surface area (Å²) in [6.45, 7) is 6.02. The maximum absolute atomic E-state index is 13.8. The Bertz CT molecular complexity index is 602. The Hall–Kier alpha value is -2.57. The molecule has 0 heterocycles. The van der Waals surface area contributed by atoms with Crippen LogP contribution in [0.15, 0.2) is 35.8 Å². The zero-order chi connectivity index (χ0) is 18.1. The molecule has 1 amide bonds. The lowest BCUT2D eigenvalue weighted by atomic mass is 10.1. The van der Waals surface area contributed by atoms with Gasteiger partial charge in [0.25, 0.3) is 0 Å². The van der Waals surface area contributed by atoms with E-state index in [2.05, 4.69) is 22.2 Å². The first-order valence-electron chi connectivity index (χ1n) is 7.58. The average Bonchev–Trinajstić information content (AvgIpc) is 2.56. The highest BCUT2D eigenvalue weighted by Gasteiger charge is 2.12. The molecule has 1 aromatic rings. The number of carbonyl (C=O) groups is 1. The molecular weight excluding hydrogens is 311 g/mol. The predicted octanol–water partition coefficient (Wildman–Crippen LogP) is 1.70. The smallest absolute Gasteiger partial charge is 0.243 e. The third-order valence-corrected chi connectivity index (χ3v) is 3.31. The molecule has 0 aliphatic rings. The summed E-state index contributed by atoms with van der Waals surface area (Å²) < 4.78 is 18.7.